The maximum absolute atomic E-state index is 12.8. The number of carbonyl (C=O) groups is 1. The summed E-state index contributed by atoms with van der Waals surface area (Å²) in [5.74, 6) is -0.712. The molecule has 2 rings (SSSR count). The highest BCUT2D eigenvalue weighted by atomic mass is 35.5. The molecule has 1 aromatic rings. The second kappa shape index (κ2) is 11.3. The fourth-order valence-electron chi connectivity index (χ4n) is 3.03. The first-order valence-corrected chi connectivity index (χ1v) is 10.6. The van der Waals surface area contributed by atoms with Crippen LogP contribution < -0.4 is 0 Å². The summed E-state index contributed by atoms with van der Waals surface area (Å²) in [6.45, 7) is 4.35. The number of allylic oxidation sites excluding steroid dienone is 1. The molecule has 0 spiro atoms. The second-order valence-electron chi connectivity index (χ2n) is 6.39. The van der Waals surface area contributed by atoms with Crippen molar-refractivity contribution in [1.29, 1.82) is 5.26 Å². The summed E-state index contributed by atoms with van der Waals surface area (Å²) >= 11 is 8.02. The lowest BCUT2D eigenvalue weighted by Gasteiger charge is -2.30. The van der Waals surface area contributed by atoms with Crippen molar-refractivity contribution in [3.8, 4) is 6.07 Å². The highest BCUT2D eigenvalue weighted by Gasteiger charge is 2.40. The molecule has 0 N–H and O–H groups in total. The van der Waals surface area contributed by atoms with E-state index in [1.807, 2.05) is 18.2 Å². The second-order valence-corrected chi connectivity index (χ2v) is 7.91. The number of hydrogen-bond donors (Lipinski definition) is 0. The average molecular weight is 421 g/mol. The molecule has 0 fully saturated rings. The Morgan fingerprint density at radius 3 is 2.75 bits per heavy atom. The molecule has 0 saturated carbocycles. The number of rotatable bonds is 8. The molecule has 150 valence electrons. The van der Waals surface area contributed by atoms with Crippen LogP contribution in [0.5, 0.6) is 0 Å². The third kappa shape index (κ3) is 5.38. The molecule has 1 aliphatic rings. The van der Waals surface area contributed by atoms with Crippen molar-refractivity contribution in [3.63, 3.8) is 0 Å². The monoisotopic (exact) mass is 420 g/mol. The van der Waals surface area contributed by atoms with E-state index in [1.165, 1.54) is 0 Å². The maximum atomic E-state index is 12.8. The Bertz CT molecular complexity index is 801. The summed E-state index contributed by atoms with van der Waals surface area (Å²) in [5.41, 5.74) is 1.69. The zero-order valence-electron chi connectivity index (χ0n) is 16.4. The van der Waals surface area contributed by atoms with Gasteiger partial charge in [-0.3, -0.25) is 0 Å². The largest absolute Gasteiger partial charge is 0.460 e. The Balaban J connectivity index is 2.48. The van der Waals surface area contributed by atoms with Crippen molar-refractivity contribution >= 4 is 34.4 Å². The number of thioether (sulfide) groups is 1. The Kier molecular flexibility index (Phi) is 9.04. The van der Waals surface area contributed by atoms with Crippen LogP contribution >= 0.6 is 23.4 Å². The van der Waals surface area contributed by atoms with E-state index in [0.29, 0.717) is 22.9 Å². The van der Waals surface area contributed by atoms with E-state index in [9.17, 15) is 10.1 Å². The van der Waals surface area contributed by atoms with Crippen LogP contribution in [0.1, 0.15) is 38.2 Å². The number of unbranched alkanes of at least 4 members (excludes halogenated alkanes) is 1. The molecule has 0 bridgehead atoms. The van der Waals surface area contributed by atoms with Gasteiger partial charge in [0.15, 0.2) is 0 Å². The number of halogens is 1. The van der Waals surface area contributed by atoms with Crippen molar-refractivity contribution in [2.45, 2.75) is 32.6 Å². The predicted octanol–water partition coefficient (Wildman–Crippen LogP) is 4.97. The Labute approximate surface area is 175 Å². The quantitative estimate of drug-likeness (QED) is 0.438. The molecule has 1 aromatic carbocycles. The minimum absolute atomic E-state index is 0.139. The van der Waals surface area contributed by atoms with E-state index >= 15 is 0 Å². The summed E-state index contributed by atoms with van der Waals surface area (Å²) < 4.78 is 10.3. The predicted molar refractivity (Wildman–Crippen MR) is 114 cm³/mol. The first kappa shape index (κ1) is 22.5. The molecule has 0 radical (unpaired) electrons. The van der Waals surface area contributed by atoms with Gasteiger partial charge in [-0.05, 0) is 30.7 Å². The van der Waals surface area contributed by atoms with Gasteiger partial charge in [0.1, 0.15) is 12.5 Å². The molecule has 7 heteroatoms. The van der Waals surface area contributed by atoms with Crippen LogP contribution in [0.3, 0.4) is 0 Å². The molecule has 0 saturated heterocycles. The van der Waals surface area contributed by atoms with Gasteiger partial charge in [-0.1, -0.05) is 43.1 Å². The number of nitriles is 1. The number of ether oxygens (including phenoxy) is 2. The summed E-state index contributed by atoms with van der Waals surface area (Å²) in [5, 5.41) is 11.2. The SMILES string of the molecule is CCCCSC1=NC(C)=C(C(=O)OCCOC)[C@@H](c2ccccc2Cl)C1C#N. The van der Waals surface area contributed by atoms with Crippen LogP contribution in [0.25, 0.3) is 0 Å². The van der Waals surface area contributed by atoms with E-state index in [2.05, 4.69) is 18.0 Å². The third-order valence-electron chi connectivity index (χ3n) is 4.45. The van der Waals surface area contributed by atoms with E-state index in [4.69, 9.17) is 21.1 Å². The number of hydrogen-bond acceptors (Lipinski definition) is 6. The van der Waals surface area contributed by atoms with Gasteiger partial charge in [0, 0.05) is 23.7 Å². The van der Waals surface area contributed by atoms with E-state index in [1.54, 1.807) is 31.9 Å². The van der Waals surface area contributed by atoms with Crippen LogP contribution in [0.4, 0.5) is 0 Å². The first-order valence-electron chi connectivity index (χ1n) is 9.27. The Morgan fingerprint density at radius 2 is 2.11 bits per heavy atom. The van der Waals surface area contributed by atoms with E-state index in [-0.39, 0.29) is 6.61 Å². The van der Waals surface area contributed by atoms with Crippen LogP contribution in [0.2, 0.25) is 5.02 Å². The molecule has 28 heavy (non-hydrogen) atoms. The number of nitrogens with zero attached hydrogens (tertiary/aromatic N) is 2. The third-order valence-corrected chi connectivity index (χ3v) is 5.92. The minimum Gasteiger partial charge on any atom is -0.460 e. The number of esters is 1. The van der Waals surface area contributed by atoms with Gasteiger partial charge in [0.2, 0.25) is 0 Å². The molecule has 1 heterocycles. The minimum atomic E-state index is -0.588. The summed E-state index contributed by atoms with van der Waals surface area (Å²) in [6.07, 6.45) is 2.10. The van der Waals surface area contributed by atoms with Gasteiger partial charge in [-0.15, -0.1) is 11.8 Å². The van der Waals surface area contributed by atoms with Crippen LogP contribution in [0, 0.1) is 17.2 Å². The van der Waals surface area contributed by atoms with Gasteiger partial charge < -0.3 is 9.47 Å². The first-order chi connectivity index (χ1) is 13.5. The lowest BCUT2D eigenvalue weighted by molar-refractivity contribution is -0.140. The molecule has 1 aliphatic heterocycles. The zero-order chi connectivity index (χ0) is 20.5. The van der Waals surface area contributed by atoms with Crippen LogP contribution in [-0.4, -0.2) is 37.1 Å². The lowest BCUT2D eigenvalue weighted by Crippen LogP contribution is -2.30. The number of carbonyl (C=O) groups excluding carboxylic acids is 1. The van der Waals surface area contributed by atoms with Crippen molar-refractivity contribution < 1.29 is 14.3 Å². The van der Waals surface area contributed by atoms with E-state index < -0.39 is 17.8 Å². The molecule has 5 nitrogen and oxygen atoms in total. The fourth-order valence-corrected chi connectivity index (χ4v) is 4.50. The molecule has 0 aromatic heterocycles. The van der Waals surface area contributed by atoms with Crippen molar-refractivity contribution in [2.24, 2.45) is 10.9 Å². The molecular weight excluding hydrogens is 396 g/mol. The van der Waals surface area contributed by atoms with Gasteiger partial charge in [-0.25, -0.2) is 9.79 Å². The van der Waals surface area contributed by atoms with Gasteiger partial charge >= 0.3 is 5.97 Å². The fraction of sp³-hybridized carbons (Fsp3) is 0.476. The van der Waals surface area contributed by atoms with Gasteiger partial charge in [0.05, 0.1) is 23.3 Å². The lowest BCUT2D eigenvalue weighted by atomic mass is 9.79. The Hall–Kier alpha value is -1.81. The highest BCUT2D eigenvalue weighted by molar-refractivity contribution is 8.14. The topological polar surface area (TPSA) is 71.7 Å². The molecule has 0 amide bonds. The van der Waals surface area contributed by atoms with Crippen LogP contribution in [0.15, 0.2) is 40.5 Å². The van der Waals surface area contributed by atoms with Crippen molar-refractivity contribution in [2.75, 3.05) is 26.1 Å². The molecule has 0 aliphatic carbocycles. The Morgan fingerprint density at radius 1 is 1.36 bits per heavy atom. The summed E-state index contributed by atoms with van der Waals surface area (Å²) in [4.78, 5) is 17.4. The molecular formula is C21H25ClN2O3S. The van der Waals surface area contributed by atoms with Gasteiger partial charge in [0.25, 0.3) is 0 Å². The summed E-state index contributed by atoms with van der Waals surface area (Å²) in [6, 6.07) is 9.66. The zero-order valence-corrected chi connectivity index (χ0v) is 18.0. The van der Waals surface area contributed by atoms with Gasteiger partial charge in [-0.2, -0.15) is 5.26 Å². The molecule has 2 atom stereocenters. The standard InChI is InChI=1S/C21H25ClN2O3S/c1-4-5-12-28-20-16(13-23)19(15-8-6-7-9-17(15)22)18(14(2)24-20)21(25)27-11-10-26-3/h6-9,16,19H,4-5,10-12H2,1-3H3/t16?,19-/m0/s1. The maximum Gasteiger partial charge on any atom is 0.336 e. The van der Waals surface area contributed by atoms with E-state index in [0.717, 1.165) is 29.2 Å². The average Bonchev–Trinajstić information content (AvgIpc) is 2.68. The normalized spacial score (nSPS) is 19.2. The van der Waals surface area contributed by atoms with Crippen molar-refractivity contribution in [3.05, 3.63) is 46.1 Å². The number of benzene rings is 1. The smallest absolute Gasteiger partial charge is 0.336 e. The highest BCUT2D eigenvalue weighted by Crippen LogP contribution is 2.43. The van der Waals surface area contributed by atoms with Crippen molar-refractivity contribution in [1.82, 2.24) is 0 Å². The van der Waals surface area contributed by atoms with Crippen LogP contribution in [-0.2, 0) is 14.3 Å². The summed E-state index contributed by atoms with van der Waals surface area (Å²) in [7, 11) is 1.54. The number of methoxy groups -OCH3 is 1. The number of aliphatic imine (C=N–C) groups is 1. The molecule has 1 unspecified atom stereocenters.